The average molecular weight is 235 g/mol. The molecule has 0 aliphatic carbocycles. The molecule has 0 radical (unpaired) electrons. The molecule has 1 atom stereocenters. The lowest BCUT2D eigenvalue weighted by atomic mass is 10.2. The molecule has 0 aliphatic heterocycles. The van der Waals surface area contributed by atoms with Crippen molar-refractivity contribution in [3.63, 3.8) is 0 Å². The molecule has 0 bridgehead atoms. The van der Waals surface area contributed by atoms with E-state index in [2.05, 4.69) is 0 Å². The van der Waals surface area contributed by atoms with Gasteiger partial charge in [-0.25, -0.2) is 4.79 Å². The molecule has 96 valence electrons. The van der Waals surface area contributed by atoms with Crippen LogP contribution in [0.15, 0.2) is 0 Å². The Kier molecular flexibility index (Phi) is 10.3. The number of hydrogen-bond donors (Lipinski definition) is 2. The van der Waals surface area contributed by atoms with Crippen molar-refractivity contribution in [2.75, 3.05) is 40.1 Å². The lowest BCUT2D eigenvalue weighted by Gasteiger charge is -2.09. The second-order valence-electron chi connectivity index (χ2n) is 3.22. The minimum absolute atomic E-state index is 0.225. The Morgan fingerprint density at radius 2 is 2.06 bits per heavy atom. The molecule has 0 saturated heterocycles. The predicted molar refractivity (Wildman–Crippen MR) is 57.9 cm³/mol. The van der Waals surface area contributed by atoms with Crippen LogP contribution in [0.2, 0.25) is 0 Å². The van der Waals surface area contributed by atoms with Crippen molar-refractivity contribution < 1.29 is 24.1 Å². The van der Waals surface area contributed by atoms with Crippen LogP contribution in [0.5, 0.6) is 0 Å². The topological polar surface area (TPSA) is 91.0 Å². The van der Waals surface area contributed by atoms with Gasteiger partial charge in [-0.05, 0) is 13.0 Å². The number of rotatable bonds is 10. The molecule has 0 aliphatic rings. The maximum absolute atomic E-state index is 11.1. The minimum atomic E-state index is -1.11. The smallest absolute Gasteiger partial charge is 0.335 e. The number of carbonyl (C=O) groups is 1. The summed E-state index contributed by atoms with van der Waals surface area (Å²) in [5, 5.41) is 9.19. The van der Waals surface area contributed by atoms with Crippen LogP contribution in [0.3, 0.4) is 0 Å². The van der Waals surface area contributed by atoms with E-state index >= 15 is 0 Å². The third-order valence-electron chi connectivity index (χ3n) is 1.82. The van der Waals surface area contributed by atoms with E-state index in [4.69, 9.17) is 19.9 Å². The second kappa shape index (κ2) is 10.8. The van der Waals surface area contributed by atoms with E-state index in [0.717, 1.165) is 0 Å². The zero-order valence-corrected chi connectivity index (χ0v) is 9.68. The van der Waals surface area contributed by atoms with Crippen LogP contribution >= 0.6 is 0 Å². The van der Waals surface area contributed by atoms with Gasteiger partial charge < -0.3 is 25.1 Å². The van der Waals surface area contributed by atoms with Gasteiger partial charge in [-0.2, -0.15) is 0 Å². The fraction of sp³-hybridized carbons (Fsp3) is 0.900. The van der Waals surface area contributed by atoms with Crippen LogP contribution in [0.1, 0.15) is 12.8 Å². The van der Waals surface area contributed by atoms with Gasteiger partial charge >= 0.3 is 5.97 Å². The van der Waals surface area contributed by atoms with Crippen molar-refractivity contribution in [1.29, 1.82) is 0 Å². The van der Waals surface area contributed by atoms with Gasteiger partial charge in [0.1, 0.15) is 0 Å². The number of esters is 1. The molecule has 6 nitrogen and oxygen atoms in total. The molecule has 0 saturated carbocycles. The van der Waals surface area contributed by atoms with Gasteiger partial charge in [0.05, 0.1) is 19.8 Å². The van der Waals surface area contributed by atoms with Gasteiger partial charge in [0.25, 0.3) is 0 Å². The van der Waals surface area contributed by atoms with Gasteiger partial charge in [-0.3, -0.25) is 0 Å². The van der Waals surface area contributed by atoms with Crippen LogP contribution in [-0.2, 0) is 19.0 Å². The monoisotopic (exact) mass is 235 g/mol. The summed E-state index contributed by atoms with van der Waals surface area (Å²) in [4.78, 5) is 11.1. The highest BCUT2D eigenvalue weighted by molar-refractivity contribution is 5.74. The van der Waals surface area contributed by atoms with Crippen molar-refractivity contribution in [1.82, 2.24) is 0 Å². The largest absolute Gasteiger partial charge is 0.464 e. The van der Waals surface area contributed by atoms with Crippen molar-refractivity contribution in [2.45, 2.75) is 18.9 Å². The Labute approximate surface area is 95.7 Å². The van der Waals surface area contributed by atoms with Crippen molar-refractivity contribution in [2.24, 2.45) is 5.73 Å². The first-order valence-corrected chi connectivity index (χ1v) is 5.33. The summed E-state index contributed by atoms with van der Waals surface area (Å²) in [6.07, 6.45) is -0.284. The van der Waals surface area contributed by atoms with E-state index in [9.17, 15) is 9.90 Å². The number of nitrogens with two attached hydrogens (primary N) is 1. The quantitative estimate of drug-likeness (QED) is 0.384. The average Bonchev–Trinajstić information content (AvgIpc) is 2.28. The molecule has 0 rings (SSSR count). The highest BCUT2D eigenvalue weighted by Crippen LogP contribution is 1.95. The van der Waals surface area contributed by atoms with Crippen LogP contribution in [0.25, 0.3) is 0 Å². The third-order valence-corrected chi connectivity index (χ3v) is 1.82. The molecule has 0 amide bonds. The van der Waals surface area contributed by atoms with E-state index in [-0.39, 0.29) is 19.6 Å². The van der Waals surface area contributed by atoms with Crippen molar-refractivity contribution in [3.8, 4) is 0 Å². The molecule has 0 unspecified atom stereocenters. The van der Waals surface area contributed by atoms with E-state index in [1.54, 1.807) is 7.11 Å². The standard InChI is InChI=1S/C10H21NO5/c1-14-7-8-15-5-2-6-16-10(13)9(12)3-4-11/h9,12H,2-8,11H2,1H3/t9-/m0/s1. The first kappa shape index (κ1) is 15.3. The van der Waals surface area contributed by atoms with E-state index < -0.39 is 12.1 Å². The number of methoxy groups -OCH3 is 1. The number of hydrogen-bond acceptors (Lipinski definition) is 6. The summed E-state index contributed by atoms with van der Waals surface area (Å²) in [6, 6.07) is 0. The normalized spacial score (nSPS) is 12.4. The highest BCUT2D eigenvalue weighted by atomic mass is 16.5. The first-order chi connectivity index (χ1) is 7.72. The fourth-order valence-electron chi connectivity index (χ4n) is 0.950. The lowest BCUT2D eigenvalue weighted by molar-refractivity contribution is -0.154. The Morgan fingerprint density at radius 3 is 2.69 bits per heavy atom. The van der Waals surface area contributed by atoms with Crippen LogP contribution in [0.4, 0.5) is 0 Å². The van der Waals surface area contributed by atoms with Gasteiger partial charge in [-0.1, -0.05) is 0 Å². The highest BCUT2D eigenvalue weighted by Gasteiger charge is 2.14. The van der Waals surface area contributed by atoms with E-state index in [1.165, 1.54) is 0 Å². The van der Waals surface area contributed by atoms with Crippen molar-refractivity contribution in [3.05, 3.63) is 0 Å². The Morgan fingerprint density at radius 1 is 1.31 bits per heavy atom. The fourth-order valence-corrected chi connectivity index (χ4v) is 0.950. The van der Waals surface area contributed by atoms with Crippen molar-refractivity contribution >= 4 is 5.97 Å². The maximum Gasteiger partial charge on any atom is 0.335 e. The Balaban J connectivity index is 3.27. The zero-order valence-electron chi connectivity index (χ0n) is 9.68. The van der Waals surface area contributed by atoms with E-state index in [0.29, 0.717) is 26.2 Å². The van der Waals surface area contributed by atoms with Crippen LogP contribution in [0, 0.1) is 0 Å². The summed E-state index contributed by atoms with van der Waals surface area (Å²) in [5.41, 5.74) is 5.19. The summed E-state index contributed by atoms with van der Waals surface area (Å²) < 4.78 is 14.8. The molecule has 0 aromatic carbocycles. The third kappa shape index (κ3) is 8.60. The molecule has 0 aromatic heterocycles. The summed E-state index contributed by atoms with van der Waals surface area (Å²) in [5.74, 6) is -0.623. The summed E-state index contributed by atoms with van der Waals surface area (Å²) in [6.45, 7) is 2.09. The second-order valence-corrected chi connectivity index (χ2v) is 3.22. The molecule has 0 spiro atoms. The molecule has 3 N–H and O–H groups in total. The Bertz CT molecular complexity index is 177. The predicted octanol–water partition coefficient (Wildman–Crippen LogP) is -0.708. The molecule has 0 fully saturated rings. The Hall–Kier alpha value is -0.690. The van der Waals surface area contributed by atoms with Gasteiger partial charge in [0.15, 0.2) is 6.10 Å². The van der Waals surface area contributed by atoms with Crippen LogP contribution in [-0.4, -0.2) is 57.3 Å². The first-order valence-electron chi connectivity index (χ1n) is 5.33. The summed E-state index contributed by atoms with van der Waals surface area (Å²) in [7, 11) is 1.60. The SMILES string of the molecule is COCCOCCCOC(=O)[C@@H](O)CCN. The number of carbonyl (C=O) groups excluding carboxylic acids is 1. The number of ether oxygens (including phenoxy) is 3. The number of aliphatic hydroxyl groups excluding tert-OH is 1. The van der Waals surface area contributed by atoms with E-state index in [1.807, 2.05) is 0 Å². The number of aliphatic hydroxyl groups is 1. The molecule has 0 aromatic rings. The van der Waals surface area contributed by atoms with Crippen LogP contribution < -0.4 is 5.73 Å². The zero-order chi connectivity index (χ0) is 12.2. The molecule has 6 heteroatoms. The molecular weight excluding hydrogens is 214 g/mol. The molecule has 16 heavy (non-hydrogen) atoms. The lowest BCUT2D eigenvalue weighted by Crippen LogP contribution is -2.26. The minimum Gasteiger partial charge on any atom is -0.464 e. The van der Waals surface area contributed by atoms with Gasteiger partial charge in [0, 0.05) is 20.1 Å². The van der Waals surface area contributed by atoms with Gasteiger partial charge in [0.2, 0.25) is 0 Å². The molecular formula is C10H21NO5. The maximum atomic E-state index is 11.1. The summed E-state index contributed by atoms with van der Waals surface area (Å²) >= 11 is 0. The van der Waals surface area contributed by atoms with Gasteiger partial charge in [-0.15, -0.1) is 0 Å². The molecule has 0 heterocycles.